The highest BCUT2D eigenvalue weighted by molar-refractivity contribution is 5.60. The molecule has 0 aromatic carbocycles. The van der Waals surface area contributed by atoms with Crippen molar-refractivity contribution in [2.75, 3.05) is 20.6 Å². The Labute approximate surface area is 105 Å². The van der Waals surface area contributed by atoms with Gasteiger partial charge in [-0.25, -0.2) is 0 Å². The van der Waals surface area contributed by atoms with Crippen molar-refractivity contribution in [3.63, 3.8) is 0 Å². The first-order valence-electron chi connectivity index (χ1n) is 6.55. The Kier molecular flexibility index (Phi) is 5.19. The molecule has 1 aliphatic rings. The number of aldehydes is 1. The highest BCUT2D eigenvalue weighted by Gasteiger charge is 2.34. The molecule has 0 aromatic heterocycles. The van der Waals surface area contributed by atoms with E-state index in [9.17, 15) is 4.79 Å². The fraction of sp³-hybridized carbons (Fsp3) is 0.786. The first-order chi connectivity index (χ1) is 8.03. The summed E-state index contributed by atoms with van der Waals surface area (Å²) in [7, 11) is 4.01. The average Bonchev–Trinajstić information content (AvgIpc) is 2.47. The SMILES string of the molecule is C=C(CCC1(C=O)CCCC(C)N(C)C1)NC. The maximum absolute atomic E-state index is 11.5. The van der Waals surface area contributed by atoms with E-state index in [0.717, 1.165) is 37.9 Å². The summed E-state index contributed by atoms with van der Waals surface area (Å²) < 4.78 is 0. The Bertz CT molecular complexity index is 277. The molecule has 1 rings (SSSR count). The lowest BCUT2D eigenvalue weighted by molar-refractivity contribution is -0.117. The molecular weight excluding hydrogens is 212 g/mol. The fourth-order valence-corrected chi connectivity index (χ4v) is 2.59. The lowest BCUT2D eigenvalue weighted by Crippen LogP contribution is -2.38. The van der Waals surface area contributed by atoms with Crippen LogP contribution in [-0.2, 0) is 4.79 Å². The number of allylic oxidation sites excluding steroid dienone is 1. The number of carbonyl (C=O) groups excluding carboxylic acids is 1. The molecule has 2 atom stereocenters. The molecule has 98 valence electrons. The minimum absolute atomic E-state index is 0.167. The van der Waals surface area contributed by atoms with Crippen LogP contribution >= 0.6 is 0 Å². The summed E-state index contributed by atoms with van der Waals surface area (Å²) in [6.45, 7) is 7.07. The van der Waals surface area contributed by atoms with E-state index in [1.807, 2.05) is 7.05 Å². The predicted molar refractivity (Wildman–Crippen MR) is 71.9 cm³/mol. The summed E-state index contributed by atoms with van der Waals surface area (Å²) in [4.78, 5) is 13.8. The Morgan fingerprint density at radius 1 is 1.65 bits per heavy atom. The first-order valence-corrected chi connectivity index (χ1v) is 6.55. The summed E-state index contributed by atoms with van der Waals surface area (Å²) in [5.41, 5.74) is 0.852. The van der Waals surface area contributed by atoms with Crippen LogP contribution in [0.4, 0.5) is 0 Å². The van der Waals surface area contributed by atoms with Crippen LogP contribution in [0.15, 0.2) is 12.3 Å². The molecule has 3 heteroatoms. The summed E-state index contributed by atoms with van der Waals surface area (Å²) in [5, 5.41) is 3.06. The molecule has 1 fully saturated rings. The van der Waals surface area contributed by atoms with Crippen molar-refractivity contribution in [3.05, 3.63) is 12.3 Å². The van der Waals surface area contributed by atoms with E-state index in [2.05, 4.69) is 30.8 Å². The smallest absolute Gasteiger partial charge is 0.127 e. The Hall–Kier alpha value is -0.830. The lowest BCUT2D eigenvalue weighted by atomic mass is 9.80. The van der Waals surface area contributed by atoms with Crippen LogP contribution < -0.4 is 5.32 Å². The Morgan fingerprint density at radius 3 is 2.94 bits per heavy atom. The number of likely N-dealkylation sites (tertiary alicyclic amines) is 1. The van der Waals surface area contributed by atoms with Crippen molar-refractivity contribution in [2.24, 2.45) is 5.41 Å². The molecule has 0 saturated carbocycles. The lowest BCUT2D eigenvalue weighted by Gasteiger charge is -2.31. The zero-order valence-corrected chi connectivity index (χ0v) is 11.5. The molecule has 0 aliphatic carbocycles. The topological polar surface area (TPSA) is 32.3 Å². The van der Waals surface area contributed by atoms with Crippen molar-refractivity contribution in [1.29, 1.82) is 0 Å². The van der Waals surface area contributed by atoms with E-state index >= 15 is 0 Å². The van der Waals surface area contributed by atoms with Crippen LogP contribution in [0, 0.1) is 5.41 Å². The van der Waals surface area contributed by atoms with Gasteiger partial charge in [-0.05, 0) is 39.7 Å². The van der Waals surface area contributed by atoms with Crippen LogP contribution in [0.2, 0.25) is 0 Å². The van der Waals surface area contributed by atoms with Gasteiger partial charge in [0.15, 0.2) is 0 Å². The van der Waals surface area contributed by atoms with Crippen molar-refractivity contribution in [2.45, 2.75) is 45.1 Å². The molecule has 17 heavy (non-hydrogen) atoms. The van der Waals surface area contributed by atoms with Gasteiger partial charge in [-0.3, -0.25) is 0 Å². The normalized spacial score (nSPS) is 30.6. The van der Waals surface area contributed by atoms with Crippen LogP contribution in [-0.4, -0.2) is 37.9 Å². The van der Waals surface area contributed by atoms with Gasteiger partial charge < -0.3 is 15.0 Å². The number of nitrogens with zero attached hydrogens (tertiary/aromatic N) is 1. The molecule has 0 bridgehead atoms. The minimum Gasteiger partial charge on any atom is -0.392 e. The van der Waals surface area contributed by atoms with Gasteiger partial charge in [0.1, 0.15) is 6.29 Å². The van der Waals surface area contributed by atoms with Gasteiger partial charge >= 0.3 is 0 Å². The van der Waals surface area contributed by atoms with E-state index in [-0.39, 0.29) is 5.41 Å². The Morgan fingerprint density at radius 2 is 2.35 bits per heavy atom. The number of rotatable bonds is 5. The summed E-state index contributed by atoms with van der Waals surface area (Å²) in [6.07, 6.45) is 6.34. The molecule has 1 heterocycles. The third kappa shape index (κ3) is 3.84. The molecular formula is C14H26N2O. The van der Waals surface area contributed by atoms with E-state index in [1.54, 1.807) is 0 Å². The largest absolute Gasteiger partial charge is 0.392 e. The standard InChI is InChI=1S/C14H26N2O/c1-12(15-3)7-9-14(11-17)8-5-6-13(2)16(4)10-14/h11,13,15H,1,5-10H2,2-4H3. The van der Waals surface area contributed by atoms with Gasteiger partial charge in [0.2, 0.25) is 0 Å². The molecule has 0 aromatic rings. The van der Waals surface area contributed by atoms with E-state index in [1.165, 1.54) is 12.7 Å². The average molecular weight is 238 g/mol. The zero-order chi connectivity index (χ0) is 12.9. The zero-order valence-electron chi connectivity index (χ0n) is 11.5. The van der Waals surface area contributed by atoms with Crippen molar-refractivity contribution < 1.29 is 4.79 Å². The number of carbonyl (C=O) groups is 1. The number of hydrogen-bond donors (Lipinski definition) is 1. The quantitative estimate of drug-likeness (QED) is 0.745. The summed E-state index contributed by atoms with van der Waals surface area (Å²) >= 11 is 0. The fourth-order valence-electron chi connectivity index (χ4n) is 2.59. The minimum atomic E-state index is -0.167. The van der Waals surface area contributed by atoms with Gasteiger partial charge in [-0.2, -0.15) is 0 Å². The highest BCUT2D eigenvalue weighted by atomic mass is 16.1. The third-order valence-corrected chi connectivity index (χ3v) is 4.14. The van der Waals surface area contributed by atoms with Crippen LogP contribution in [0.1, 0.15) is 39.0 Å². The molecule has 2 unspecified atom stereocenters. The van der Waals surface area contributed by atoms with Gasteiger partial charge in [0, 0.05) is 30.7 Å². The van der Waals surface area contributed by atoms with Crippen LogP contribution in [0.3, 0.4) is 0 Å². The van der Waals surface area contributed by atoms with Crippen molar-refractivity contribution in [1.82, 2.24) is 10.2 Å². The van der Waals surface area contributed by atoms with E-state index < -0.39 is 0 Å². The van der Waals surface area contributed by atoms with Gasteiger partial charge in [-0.1, -0.05) is 13.0 Å². The van der Waals surface area contributed by atoms with Crippen LogP contribution in [0.25, 0.3) is 0 Å². The summed E-state index contributed by atoms with van der Waals surface area (Å²) in [6, 6.07) is 0.587. The van der Waals surface area contributed by atoms with Crippen LogP contribution in [0.5, 0.6) is 0 Å². The van der Waals surface area contributed by atoms with Gasteiger partial charge in [0.05, 0.1) is 0 Å². The summed E-state index contributed by atoms with van der Waals surface area (Å²) in [5.74, 6) is 0. The molecule has 1 aliphatic heterocycles. The second kappa shape index (κ2) is 6.20. The van der Waals surface area contributed by atoms with E-state index in [0.29, 0.717) is 6.04 Å². The Balaban J connectivity index is 2.66. The maximum Gasteiger partial charge on any atom is 0.127 e. The molecule has 0 amide bonds. The predicted octanol–water partition coefficient (Wildman–Crippen LogP) is 2.19. The molecule has 1 N–H and O–H groups in total. The first kappa shape index (κ1) is 14.2. The molecule has 1 saturated heterocycles. The molecule has 3 nitrogen and oxygen atoms in total. The second-order valence-electron chi connectivity index (χ2n) is 5.49. The van der Waals surface area contributed by atoms with Gasteiger partial charge in [0.25, 0.3) is 0 Å². The second-order valence-corrected chi connectivity index (χ2v) is 5.49. The number of nitrogens with one attached hydrogen (secondary N) is 1. The van der Waals surface area contributed by atoms with E-state index in [4.69, 9.17) is 0 Å². The number of hydrogen-bond acceptors (Lipinski definition) is 3. The van der Waals surface area contributed by atoms with Gasteiger partial charge in [-0.15, -0.1) is 0 Å². The monoisotopic (exact) mass is 238 g/mol. The van der Waals surface area contributed by atoms with Crippen molar-refractivity contribution >= 4 is 6.29 Å². The maximum atomic E-state index is 11.5. The molecule has 0 spiro atoms. The molecule has 0 radical (unpaired) electrons. The highest BCUT2D eigenvalue weighted by Crippen LogP contribution is 2.34. The third-order valence-electron chi connectivity index (χ3n) is 4.14. The van der Waals surface area contributed by atoms with Crippen molar-refractivity contribution in [3.8, 4) is 0 Å².